The summed E-state index contributed by atoms with van der Waals surface area (Å²) in [6.45, 7) is 1.73. The Kier molecular flexibility index (Phi) is 4.78. The summed E-state index contributed by atoms with van der Waals surface area (Å²) >= 11 is 0. The Labute approximate surface area is 164 Å². The van der Waals surface area contributed by atoms with Crippen LogP contribution < -0.4 is 4.74 Å². The van der Waals surface area contributed by atoms with E-state index in [4.69, 9.17) is 13.9 Å². The highest BCUT2D eigenvalue weighted by atomic mass is 16.6. The first kappa shape index (κ1) is 18.4. The maximum absolute atomic E-state index is 12.4. The normalized spacial score (nSPS) is 13.6. The molecular formula is C20H15N3O6. The molecule has 4 rings (SSSR count). The number of aromatic nitrogens is 2. The Morgan fingerprint density at radius 1 is 1.17 bits per heavy atom. The molecule has 1 aliphatic rings. The van der Waals surface area contributed by atoms with Crippen LogP contribution in [0.5, 0.6) is 5.75 Å². The summed E-state index contributed by atoms with van der Waals surface area (Å²) in [6.07, 6.45) is 0.948. The largest absolute Gasteiger partial charge is 0.488 e. The Morgan fingerprint density at radius 3 is 2.69 bits per heavy atom. The number of non-ortho nitro benzene ring substituents is 1. The Morgan fingerprint density at radius 2 is 1.93 bits per heavy atom. The molecule has 0 saturated heterocycles. The van der Waals surface area contributed by atoms with Crippen molar-refractivity contribution in [3.63, 3.8) is 0 Å². The zero-order valence-corrected chi connectivity index (χ0v) is 15.3. The van der Waals surface area contributed by atoms with Crippen LogP contribution in [0.25, 0.3) is 17.5 Å². The predicted molar refractivity (Wildman–Crippen MR) is 101 cm³/mol. The number of benzene rings is 2. The molecule has 0 amide bonds. The minimum absolute atomic E-state index is 0.0414. The number of hydrogen-bond donors (Lipinski definition) is 0. The molecule has 2 aromatic carbocycles. The fourth-order valence-corrected chi connectivity index (χ4v) is 2.76. The number of esters is 1. The van der Waals surface area contributed by atoms with Gasteiger partial charge < -0.3 is 13.9 Å². The second-order valence-electron chi connectivity index (χ2n) is 6.29. The SMILES string of the molecule is C[C@@H](OC(=O)C1=Cc2ccccc2OC1)c1nnc(-c2ccc([N+](=O)[O-])cc2)o1. The van der Waals surface area contributed by atoms with Crippen LogP contribution in [0.1, 0.15) is 24.5 Å². The van der Waals surface area contributed by atoms with Gasteiger partial charge >= 0.3 is 5.97 Å². The van der Waals surface area contributed by atoms with E-state index in [1.165, 1.54) is 24.3 Å². The van der Waals surface area contributed by atoms with Gasteiger partial charge in [-0.15, -0.1) is 10.2 Å². The van der Waals surface area contributed by atoms with E-state index in [0.29, 0.717) is 16.9 Å². The van der Waals surface area contributed by atoms with Crippen LogP contribution in [0.4, 0.5) is 5.69 Å². The molecule has 9 nitrogen and oxygen atoms in total. The number of fused-ring (bicyclic) bond motifs is 1. The van der Waals surface area contributed by atoms with E-state index < -0.39 is 17.0 Å². The fourth-order valence-electron chi connectivity index (χ4n) is 2.76. The lowest BCUT2D eigenvalue weighted by Gasteiger charge is -2.18. The van der Waals surface area contributed by atoms with E-state index in [-0.39, 0.29) is 24.1 Å². The van der Waals surface area contributed by atoms with Crippen LogP contribution in [0, 0.1) is 10.1 Å². The van der Waals surface area contributed by atoms with Gasteiger partial charge in [-0.25, -0.2) is 4.79 Å². The first-order valence-electron chi connectivity index (χ1n) is 8.73. The highest BCUT2D eigenvalue weighted by Crippen LogP contribution is 2.28. The molecule has 0 spiro atoms. The molecule has 9 heteroatoms. The summed E-state index contributed by atoms with van der Waals surface area (Å²) in [5, 5.41) is 18.6. The van der Waals surface area contributed by atoms with Crippen LogP contribution in [0.2, 0.25) is 0 Å². The standard InChI is InChI=1S/C20H15N3O6/c1-12(28-20(24)15-10-14-4-2-3-5-17(14)27-11-15)18-21-22-19(29-18)13-6-8-16(9-7-13)23(25)26/h2-10,12H,11H2,1H3/t12-/m1/s1. The van der Waals surface area contributed by atoms with Crippen molar-refractivity contribution in [2.75, 3.05) is 6.61 Å². The molecule has 2 heterocycles. The summed E-state index contributed by atoms with van der Waals surface area (Å²) in [5.74, 6) is 0.459. The van der Waals surface area contributed by atoms with Gasteiger partial charge in [0.05, 0.1) is 10.5 Å². The lowest BCUT2D eigenvalue weighted by Crippen LogP contribution is -2.18. The second-order valence-corrected chi connectivity index (χ2v) is 6.29. The minimum Gasteiger partial charge on any atom is -0.488 e. The number of rotatable bonds is 5. The van der Waals surface area contributed by atoms with Crippen LogP contribution in [0.3, 0.4) is 0 Å². The third-order valence-electron chi connectivity index (χ3n) is 4.29. The number of nitrogens with zero attached hydrogens (tertiary/aromatic N) is 3. The Hall–Kier alpha value is -4.01. The summed E-state index contributed by atoms with van der Waals surface area (Å²) in [4.78, 5) is 22.7. The highest BCUT2D eigenvalue weighted by molar-refractivity contribution is 5.95. The summed E-state index contributed by atoms with van der Waals surface area (Å²) in [5.41, 5.74) is 1.66. The van der Waals surface area contributed by atoms with Gasteiger partial charge in [-0.2, -0.15) is 0 Å². The predicted octanol–water partition coefficient (Wildman–Crippen LogP) is 3.73. The van der Waals surface area contributed by atoms with Gasteiger partial charge in [0.15, 0.2) is 6.10 Å². The topological polar surface area (TPSA) is 118 Å². The summed E-state index contributed by atoms with van der Waals surface area (Å²) in [6, 6.07) is 13.1. The number of nitro groups is 1. The summed E-state index contributed by atoms with van der Waals surface area (Å²) < 4.78 is 16.5. The number of para-hydroxylation sites is 1. The molecule has 3 aromatic rings. The van der Waals surface area contributed by atoms with Gasteiger partial charge in [-0.3, -0.25) is 10.1 Å². The summed E-state index contributed by atoms with van der Waals surface area (Å²) in [7, 11) is 0. The molecule has 0 saturated carbocycles. The molecule has 1 aromatic heterocycles. The van der Waals surface area contributed by atoms with Gasteiger partial charge in [0.1, 0.15) is 12.4 Å². The van der Waals surface area contributed by atoms with E-state index in [9.17, 15) is 14.9 Å². The molecule has 1 atom stereocenters. The van der Waals surface area contributed by atoms with E-state index in [1.807, 2.05) is 24.3 Å². The number of ether oxygens (including phenoxy) is 2. The molecule has 1 aliphatic heterocycles. The first-order chi connectivity index (χ1) is 14.0. The number of nitro benzene ring substituents is 1. The average Bonchev–Trinajstić information content (AvgIpc) is 3.24. The van der Waals surface area contributed by atoms with E-state index in [1.54, 1.807) is 13.0 Å². The van der Waals surface area contributed by atoms with Gasteiger partial charge in [-0.05, 0) is 31.2 Å². The van der Waals surface area contributed by atoms with E-state index in [0.717, 1.165) is 5.56 Å². The molecule has 0 unspecified atom stereocenters. The van der Waals surface area contributed by atoms with E-state index in [2.05, 4.69) is 10.2 Å². The minimum atomic E-state index is -0.778. The molecule has 0 fully saturated rings. The van der Waals surface area contributed by atoms with Gasteiger partial charge in [0.2, 0.25) is 5.89 Å². The number of carbonyl (C=O) groups excluding carboxylic acids is 1. The van der Waals surface area contributed by atoms with Crippen molar-refractivity contribution in [3.8, 4) is 17.2 Å². The van der Waals surface area contributed by atoms with Crippen molar-refractivity contribution in [1.29, 1.82) is 0 Å². The van der Waals surface area contributed by atoms with Gasteiger partial charge in [0, 0.05) is 23.3 Å². The molecule has 29 heavy (non-hydrogen) atoms. The van der Waals surface area contributed by atoms with E-state index >= 15 is 0 Å². The van der Waals surface area contributed by atoms with Crippen molar-refractivity contribution in [3.05, 3.63) is 75.7 Å². The molecular weight excluding hydrogens is 378 g/mol. The fraction of sp³-hybridized carbons (Fsp3) is 0.150. The van der Waals surface area contributed by atoms with Crippen molar-refractivity contribution in [2.45, 2.75) is 13.0 Å². The third-order valence-corrected chi connectivity index (χ3v) is 4.29. The van der Waals surface area contributed by atoms with Crippen molar-refractivity contribution in [2.24, 2.45) is 0 Å². The van der Waals surface area contributed by atoms with Crippen LogP contribution >= 0.6 is 0 Å². The van der Waals surface area contributed by atoms with Crippen molar-refractivity contribution in [1.82, 2.24) is 10.2 Å². The maximum atomic E-state index is 12.4. The lowest BCUT2D eigenvalue weighted by atomic mass is 10.1. The quantitative estimate of drug-likeness (QED) is 0.366. The Bertz CT molecular complexity index is 1100. The molecule has 0 bridgehead atoms. The average molecular weight is 393 g/mol. The first-order valence-corrected chi connectivity index (χ1v) is 8.73. The van der Waals surface area contributed by atoms with Gasteiger partial charge in [-0.1, -0.05) is 18.2 Å². The van der Waals surface area contributed by atoms with Crippen LogP contribution in [-0.4, -0.2) is 27.7 Å². The highest BCUT2D eigenvalue weighted by Gasteiger charge is 2.24. The zero-order valence-electron chi connectivity index (χ0n) is 15.3. The second kappa shape index (κ2) is 7.55. The maximum Gasteiger partial charge on any atom is 0.338 e. The monoisotopic (exact) mass is 393 g/mol. The van der Waals surface area contributed by atoms with Crippen molar-refractivity contribution < 1.29 is 23.6 Å². The van der Waals surface area contributed by atoms with Crippen LogP contribution in [-0.2, 0) is 9.53 Å². The van der Waals surface area contributed by atoms with Crippen LogP contribution in [0.15, 0.2) is 58.5 Å². The zero-order chi connectivity index (χ0) is 20.4. The van der Waals surface area contributed by atoms with Gasteiger partial charge in [0.25, 0.3) is 11.6 Å². The smallest absolute Gasteiger partial charge is 0.338 e. The third kappa shape index (κ3) is 3.84. The molecule has 0 N–H and O–H groups in total. The lowest BCUT2D eigenvalue weighted by molar-refractivity contribution is -0.384. The molecule has 0 radical (unpaired) electrons. The number of hydrogen-bond acceptors (Lipinski definition) is 8. The molecule has 0 aliphatic carbocycles. The molecule has 146 valence electrons. The Balaban J connectivity index is 1.45. The number of carbonyl (C=O) groups is 1. The van der Waals surface area contributed by atoms with Crippen molar-refractivity contribution >= 4 is 17.7 Å².